The van der Waals surface area contributed by atoms with Gasteiger partial charge in [0.2, 0.25) is 18.0 Å². The van der Waals surface area contributed by atoms with E-state index in [9.17, 15) is 9.18 Å². The van der Waals surface area contributed by atoms with Crippen LogP contribution in [0.2, 0.25) is 0 Å². The second kappa shape index (κ2) is 5.86. The Balaban J connectivity index is 2.24. The van der Waals surface area contributed by atoms with Gasteiger partial charge in [-0.15, -0.1) is 0 Å². The van der Waals surface area contributed by atoms with Gasteiger partial charge in [0.1, 0.15) is 12.0 Å². The van der Waals surface area contributed by atoms with Crippen molar-refractivity contribution in [1.82, 2.24) is 0 Å². The fourth-order valence-electron chi connectivity index (χ4n) is 1.72. The van der Waals surface area contributed by atoms with E-state index >= 15 is 0 Å². The summed E-state index contributed by atoms with van der Waals surface area (Å²) in [5.74, 6) is -0.663. The number of aromatic nitrogens is 1. The smallest absolute Gasteiger partial charge is 0.227 e. The molecule has 5 heteroatoms. The maximum Gasteiger partial charge on any atom is 0.227 e. The fraction of sp³-hybridized carbons (Fsp3) is 0.0714. The van der Waals surface area contributed by atoms with Crippen LogP contribution >= 0.6 is 0 Å². The minimum absolute atomic E-state index is 0.0473. The number of oxime groups is 1. The summed E-state index contributed by atoms with van der Waals surface area (Å²) < 4.78 is 14.7. The number of benzene rings is 1. The molecule has 0 bridgehead atoms. The van der Waals surface area contributed by atoms with Gasteiger partial charge in [0.15, 0.2) is 6.20 Å². The van der Waals surface area contributed by atoms with Gasteiger partial charge >= 0.3 is 0 Å². The summed E-state index contributed by atoms with van der Waals surface area (Å²) in [6.45, 7) is 0.0473. The molecule has 0 aliphatic heterocycles. The molecule has 0 fully saturated rings. The number of carbonyl (C=O) groups excluding carboxylic acids is 1. The Morgan fingerprint density at radius 3 is 2.89 bits per heavy atom. The van der Waals surface area contributed by atoms with E-state index in [1.807, 2.05) is 0 Å². The van der Waals surface area contributed by atoms with Crippen molar-refractivity contribution in [2.75, 3.05) is 0 Å². The molecule has 1 aromatic carbocycles. The highest BCUT2D eigenvalue weighted by molar-refractivity contribution is 5.95. The van der Waals surface area contributed by atoms with E-state index in [2.05, 4.69) is 5.16 Å². The normalized spacial score (nSPS) is 10.8. The van der Waals surface area contributed by atoms with Gasteiger partial charge < -0.3 is 5.21 Å². The summed E-state index contributed by atoms with van der Waals surface area (Å²) in [6, 6.07) is 10.8. The van der Waals surface area contributed by atoms with Crippen molar-refractivity contribution in [3.63, 3.8) is 0 Å². The molecule has 96 valence electrons. The summed E-state index contributed by atoms with van der Waals surface area (Å²) in [7, 11) is 0. The van der Waals surface area contributed by atoms with Crippen LogP contribution in [0.1, 0.15) is 16.1 Å². The Morgan fingerprint density at radius 1 is 1.32 bits per heavy atom. The summed E-state index contributed by atoms with van der Waals surface area (Å²) >= 11 is 0. The molecule has 19 heavy (non-hydrogen) atoms. The molecule has 0 atom stereocenters. The van der Waals surface area contributed by atoms with E-state index in [0.29, 0.717) is 11.3 Å². The predicted octanol–water partition coefficient (Wildman–Crippen LogP) is 1.80. The third-order valence-electron chi connectivity index (χ3n) is 2.63. The Kier molecular flexibility index (Phi) is 3.97. The summed E-state index contributed by atoms with van der Waals surface area (Å²) in [5, 5.41) is 11.5. The number of rotatable bonds is 4. The van der Waals surface area contributed by atoms with Crippen LogP contribution in [-0.2, 0) is 6.54 Å². The molecule has 0 amide bonds. The maximum absolute atomic E-state index is 13.1. The van der Waals surface area contributed by atoms with Gasteiger partial charge in [0.05, 0.1) is 0 Å². The average molecular weight is 259 g/mol. The SMILES string of the molecule is O=C(C[n+]1ccccc1C=NO)c1cccc(F)c1. The molecule has 0 aliphatic carbocycles. The van der Waals surface area contributed by atoms with Crippen LogP contribution in [0.5, 0.6) is 0 Å². The number of pyridine rings is 1. The fourth-order valence-corrected chi connectivity index (χ4v) is 1.72. The first-order valence-electron chi connectivity index (χ1n) is 5.65. The highest BCUT2D eigenvalue weighted by Crippen LogP contribution is 2.04. The standard InChI is InChI=1S/C14H11FN2O2/c15-12-5-3-4-11(8-12)14(18)10-17-7-2-1-6-13(17)9-16-19/h1-9H,10H2/p+1. The number of halogens is 1. The second-order valence-electron chi connectivity index (χ2n) is 3.93. The van der Waals surface area contributed by atoms with Crippen molar-refractivity contribution in [1.29, 1.82) is 0 Å². The molecule has 4 nitrogen and oxygen atoms in total. The van der Waals surface area contributed by atoms with Crippen LogP contribution in [-0.4, -0.2) is 17.2 Å². The first kappa shape index (κ1) is 12.9. The van der Waals surface area contributed by atoms with Gasteiger partial charge in [-0.2, -0.15) is 4.57 Å². The van der Waals surface area contributed by atoms with Crippen molar-refractivity contribution in [3.8, 4) is 0 Å². The van der Waals surface area contributed by atoms with Crippen LogP contribution in [0.4, 0.5) is 4.39 Å². The summed E-state index contributed by atoms with van der Waals surface area (Å²) in [4.78, 5) is 12.0. The second-order valence-corrected chi connectivity index (χ2v) is 3.93. The summed E-state index contributed by atoms with van der Waals surface area (Å²) in [6.07, 6.45) is 2.92. The Labute approximate surface area is 109 Å². The van der Waals surface area contributed by atoms with E-state index < -0.39 is 5.82 Å². The average Bonchev–Trinajstić information content (AvgIpc) is 2.41. The van der Waals surface area contributed by atoms with E-state index in [0.717, 1.165) is 0 Å². The lowest BCUT2D eigenvalue weighted by atomic mass is 10.1. The van der Waals surface area contributed by atoms with Gasteiger partial charge in [0, 0.05) is 17.7 Å². The highest BCUT2D eigenvalue weighted by Gasteiger charge is 2.15. The lowest BCUT2D eigenvalue weighted by Crippen LogP contribution is -2.41. The van der Waals surface area contributed by atoms with E-state index in [4.69, 9.17) is 5.21 Å². The molecule has 0 unspecified atom stereocenters. The van der Waals surface area contributed by atoms with E-state index in [1.54, 1.807) is 35.0 Å². The zero-order valence-corrected chi connectivity index (χ0v) is 10.0. The lowest BCUT2D eigenvalue weighted by molar-refractivity contribution is -0.684. The lowest BCUT2D eigenvalue weighted by Gasteiger charge is -2.00. The van der Waals surface area contributed by atoms with Crippen LogP contribution in [0.25, 0.3) is 0 Å². The quantitative estimate of drug-likeness (QED) is 0.299. The van der Waals surface area contributed by atoms with Crippen molar-refractivity contribution >= 4 is 12.0 Å². The molecule has 2 rings (SSSR count). The topological polar surface area (TPSA) is 53.5 Å². The van der Waals surface area contributed by atoms with Crippen LogP contribution < -0.4 is 4.57 Å². The zero-order chi connectivity index (χ0) is 13.7. The molecule has 0 spiro atoms. The van der Waals surface area contributed by atoms with Crippen LogP contribution in [0.15, 0.2) is 53.8 Å². The largest absolute Gasteiger partial charge is 0.411 e. The highest BCUT2D eigenvalue weighted by atomic mass is 19.1. The Bertz CT molecular complexity index is 626. The minimum Gasteiger partial charge on any atom is -0.411 e. The molecular formula is C14H12FN2O2+. The third-order valence-corrected chi connectivity index (χ3v) is 2.63. The molecular weight excluding hydrogens is 247 g/mol. The van der Waals surface area contributed by atoms with Crippen LogP contribution in [0, 0.1) is 5.82 Å². The molecule has 1 heterocycles. The van der Waals surface area contributed by atoms with Crippen molar-refractivity contribution in [2.24, 2.45) is 5.16 Å². The van der Waals surface area contributed by atoms with Crippen LogP contribution in [0.3, 0.4) is 0 Å². The monoisotopic (exact) mass is 259 g/mol. The first-order chi connectivity index (χ1) is 9.20. The van der Waals surface area contributed by atoms with Gasteiger partial charge in [-0.3, -0.25) is 4.79 Å². The molecule has 0 saturated carbocycles. The summed E-state index contributed by atoms with van der Waals surface area (Å²) in [5.41, 5.74) is 0.887. The Hall–Kier alpha value is -2.56. The number of ketones is 1. The number of hydrogen-bond acceptors (Lipinski definition) is 3. The molecule has 0 radical (unpaired) electrons. The van der Waals surface area contributed by atoms with E-state index in [1.165, 1.54) is 24.4 Å². The predicted molar refractivity (Wildman–Crippen MR) is 66.7 cm³/mol. The number of hydrogen-bond donors (Lipinski definition) is 1. The van der Waals surface area contributed by atoms with E-state index in [-0.39, 0.29) is 12.3 Å². The number of Topliss-reactive ketones (excluding diaryl/α,β-unsaturated/α-hetero) is 1. The minimum atomic E-state index is -0.443. The first-order valence-corrected chi connectivity index (χ1v) is 5.65. The number of nitrogens with zero attached hydrogens (tertiary/aromatic N) is 2. The molecule has 1 aromatic heterocycles. The molecule has 0 aliphatic rings. The Morgan fingerprint density at radius 2 is 2.16 bits per heavy atom. The maximum atomic E-state index is 13.1. The van der Waals surface area contributed by atoms with Gasteiger partial charge in [0.25, 0.3) is 0 Å². The number of carbonyl (C=O) groups is 1. The van der Waals surface area contributed by atoms with Crippen molar-refractivity contribution < 1.29 is 19.0 Å². The van der Waals surface area contributed by atoms with Crippen molar-refractivity contribution in [3.05, 3.63) is 65.7 Å². The van der Waals surface area contributed by atoms with Gasteiger partial charge in [-0.05, 0) is 18.2 Å². The van der Waals surface area contributed by atoms with Gasteiger partial charge in [-0.25, -0.2) is 4.39 Å². The van der Waals surface area contributed by atoms with Crippen molar-refractivity contribution in [2.45, 2.75) is 6.54 Å². The molecule has 2 aromatic rings. The zero-order valence-electron chi connectivity index (χ0n) is 10.0. The van der Waals surface area contributed by atoms with Gasteiger partial charge in [-0.1, -0.05) is 17.3 Å². The molecule has 1 N–H and O–H groups in total. The third kappa shape index (κ3) is 3.22. The molecule has 0 saturated heterocycles.